The van der Waals surface area contributed by atoms with E-state index in [0.29, 0.717) is 42.0 Å². The van der Waals surface area contributed by atoms with Crippen LogP contribution in [0.4, 0.5) is 15.8 Å². The Morgan fingerprint density at radius 3 is 2.47 bits per heavy atom. The van der Waals surface area contributed by atoms with E-state index in [1.807, 2.05) is 36.4 Å². The van der Waals surface area contributed by atoms with Crippen molar-refractivity contribution in [3.05, 3.63) is 112 Å². The largest absolute Gasteiger partial charge is 0.322 e. The summed E-state index contributed by atoms with van der Waals surface area (Å²) in [7, 11) is 0. The second kappa shape index (κ2) is 9.95. The van der Waals surface area contributed by atoms with Crippen molar-refractivity contribution in [2.24, 2.45) is 0 Å². The molecule has 1 aliphatic heterocycles. The van der Waals surface area contributed by atoms with Gasteiger partial charge in [-0.25, -0.2) is 9.07 Å². The molecule has 5 rings (SSSR count). The molecule has 3 aromatic carbocycles. The van der Waals surface area contributed by atoms with E-state index >= 15 is 0 Å². The molecule has 1 aromatic heterocycles. The molecule has 2 heterocycles. The van der Waals surface area contributed by atoms with Crippen LogP contribution in [0.2, 0.25) is 0 Å². The molecule has 0 radical (unpaired) electrons. The first-order valence-corrected chi connectivity index (χ1v) is 11.6. The van der Waals surface area contributed by atoms with Gasteiger partial charge in [0.2, 0.25) is 5.91 Å². The van der Waals surface area contributed by atoms with Gasteiger partial charge in [0, 0.05) is 35.1 Å². The van der Waals surface area contributed by atoms with Crippen molar-refractivity contribution in [1.82, 2.24) is 9.78 Å². The van der Waals surface area contributed by atoms with Gasteiger partial charge in [0.05, 0.1) is 5.69 Å². The maximum absolute atomic E-state index is 13.3. The lowest BCUT2D eigenvalue weighted by atomic mass is 9.99. The Morgan fingerprint density at radius 2 is 1.69 bits per heavy atom. The molecule has 180 valence electrons. The highest BCUT2D eigenvalue weighted by atomic mass is 19.1. The van der Waals surface area contributed by atoms with Crippen molar-refractivity contribution in [1.29, 1.82) is 0 Å². The highest BCUT2D eigenvalue weighted by Gasteiger charge is 2.25. The van der Waals surface area contributed by atoms with Gasteiger partial charge >= 0.3 is 0 Å². The third-order valence-electron chi connectivity index (χ3n) is 6.13. The number of aromatic nitrogens is 2. The van der Waals surface area contributed by atoms with Crippen molar-refractivity contribution in [3.8, 4) is 11.3 Å². The number of fused-ring (bicyclic) bond motifs is 1. The molecular formula is C28H23FN4O3. The number of anilines is 2. The molecule has 0 atom stereocenters. The quantitative estimate of drug-likeness (QED) is 0.460. The summed E-state index contributed by atoms with van der Waals surface area (Å²) in [5, 5.41) is 7.29. The summed E-state index contributed by atoms with van der Waals surface area (Å²) in [6.07, 6.45) is 1.38. The number of nitrogens with one attached hydrogen (secondary N) is 1. The molecule has 2 amide bonds. The lowest BCUT2D eigenvalue weighted by Gasteiger charge is -2.31. The average Bonchev–Trinajstić information content (AvgIpc) is 2.90. The minimum absolute atomic E-state index is 0.203. The fraction of sp³-hybridized carbons (Fsp3) is 0.143. The number of amides is 2. The zero-order valence-corrected chi connectivity index (χ0v) is 19.4. The van der Waals surface area contributed by atoms with Crippen LogP contribution < -0.4 is 15.8 Å². The highest BCUT2D eigenvalue weighted by molar-refractivity contribution is 6.05. The molecule has 0 aliphatic carbocycles. The summed E-state index contributed by atoms with van der Waals surface area (Å²) in [4.78, 5) is 40.1. The summed E-state index contributed by atoms with van der Waals surface area (Å²) in [5.41, 5.74) is 3.56. The molecule has 0 unspecified atom stereocenters. The van der Waals surface area contributed by atoms with E-state index < -0.39 is 5.82 Å². The van der Waals surface area contributed by atoms with Gasteiger partial charge in [-0.1, -0.05) is 36.4 Å². The van der Waals surface area contributed by atoms with E-state index in [0.717, 1.165) is 11.1 Å². The normalized spacial score (nSPS) is 12.6. The molecule has 36 heavy (non-hydrogen) atoms. The summed E-state index contributed by atoms with van der Waals surface area (Å²) in [6.45, 7) is 0.291. The Bertz CT molecular complexity index is 1480. The topological polar surface area (TPSA) is 84.3 Å². The van der Waals surface area contributed by atoms with Crippen molar-refractivity contribution in [3.63, 3.8) is 0 Å². The lowest BCUT2D eigenvalue weighted by molar-refractivity contribution is -0.119. The number of hydrogen-bond donors (Lipinski definition) is 1. The predicted octanol–water partition coefficient (Wildman–Crippen LogP) is 4.28. The van der Waals surface area contributed by atoms with Crippen molar-refractivity contribution >= 4 is 23.2 Å². The zero-order chi connectivity index (χ0) is 25.1. The summed E-state index contributed by atoms with van der Waals surface area (Å²) in [5.74, 6) is -1.04. The van der Waals surface area contributed by atoms with E-state index in [4.69, 9.17) is 0 Å². The van der Waals surface area contributed by atoms with Gasteiger partial charge in [-0.3, -0.25) is 14.4 Å². The second-order valence-corrected chi connectivity index (χ2v) is 8.49. The molecule has 0 saturated heterocycles. The molecule has 7 nitrogen and oxygen atoms in total. The average molecular weight is 483 g/mol. The number of carbonyl (C=O) groups is 2. The molecule has 1 aliphatic rings. The molecule has 0 fully saturated rings. The Hall–Kier alpha value is -4.59. The van der Waals surface area contributed by atoms with Crippen LogP contribution in [-0.4, -0.2) is 28.1 Å². The van der Waals surface area contributed by atoms with Crippen LogP contribution in [0.15, 0.2) is 89.7 Å². The smallest absolute Gasteiger partial charge is 0.267 e. The van der Waals surface area contributed by atoms with Gasteiger partial charge in [-0.15, -0.1) is 0 Å². The van der Waals surface area contributed by atoms with Gasteiger partial charge in [-0.2, -0.15) is 5.10 Å². The van der Waals surface area contributed by atoms with Crippen LogP contribution >= 0.6 is 0 Å². The first-order valence-electron chi connectivity index (χ1n) is 11.6. The number of benzene rings is 3. The van der Waals surface area contributed by atoms with Crippen LogP contribution in [-0.2, 0) is 17.8 Å². The van der Waals surface area contributed by atoms with Crippen LogP contribution in [0.3, 0.4) is 0 Å². The zero-order valence-electron chi connectivity index (χ0n) is 19.4. The van der Waals surface area contributed by atoms with Gasteiger partial charge in [-0.05, 0) is 60.9 Å². The molecule has 0 spiro atoms. The van der Waals surface area contributed by atoms with Crippen LogP contribution in [0.5, 0.6) is 0 Å². The molecule has 8 heteroatoms. The minimum atomic E-state index is -0.416. The fourth-order valence-corrected chi connectivity index (χ4v) is 4.34. The van der Waals surface area contributed by atoms with Crippen molar-refractivity contribution < 1.29 is 14.0 Å². The first-order chi connectivity index (χ1) is 17.5. The number of rotatable bonds is 5. The molecule has 0 saturated carbocycles. The van der Waals surface area contributed by atoms with E-state index in [9.17, 15) is 18.8 Å². The molecular weight excluding hydrogens is 459 g/mol. The first kappa shape index (κ1) is 23.2. The number of halogens is 1. The highest BCUT2D eigenvalue weighted by Crippen LogP contribution is 2.33. The van der Waals surface area contributed by atoms with Gasteiger partial charge < -0.3 is 10.2 Å². The molecule has 4 aromatic rings. The van der Waals surface area contributed by atoms with Crippen LogP contribution in [0.1, 0.15) is 22.3 Å². The van der Waals surface area contributed by atoms with Gasteiger partial charge in [0.25, 0.3) is 11.5 Å². The van der Waals surface area contributed by atoms with Gasteiger partial charge in [0.1, 0.15) is 12.4 Å². The maximum atomic E-state index is 13.3. The Morgan fingerprint density at radius 1 is 0.917 bits per heavy atom. The summed E-state index contributed by atoms with van der Waals surface area (Å²) < 4.78 is 14.4. The fourth-order valence-electron chi connectivity index (χ4n) is 4.34. The van der Waals surface area contributed by atoms with Crippen molar-refractivity contribution in [2.75, 3.05) is 16.8 Å². The van der Waals surface area contributed by atoms with E-state index in [-0.39, 0.29) is 23.9 Å². The third-order valence-corrected chi connectivity index (χ3v) is 6.13. The van der Waals surface area contributed by atoms with E-state index in [1.165, 1.54) is 35.0 Å². The van der Waals surface area contributed by atoms with Gasteiger partial charge in [0.15, 0.2) is 0 Å². The van der Waals surface area contributed by atoms with Crippen LogP contribution in [0.25, 0.3) is 11.3 Å². The molecule has 1 N–H and O–H groups in total. The summed E-state index contributed by atoms with van der Waals surface area (Å²) in [6, 6.07) is 23.2. The monoisotopic (exact) mass is 482 g/mol. The van der Waals surface area contributed by atoms with Crippen LogP contribution in [0, 0.1) is 5.82 Å². The number of hydrogen-bond acceptors (Lipinski definition) is 4. The summed E-state index contributed by atoms with van der Waals surface area (Å²) >= 11 is 0. The SMILES string of the molecule is O=C(Nc1cccc2c1CCCN2C(=O)Cn1nc(-c2ccccc2)ccc1=O)c1ccc(F)cc1. The number of nitrogens with zero attached hydrogens (tertiary/aromatic N) is 3. The second-order valence-electron chi connectivity index (χ2n) is 8.49. The Balaban J connectivity index is 1.38. The maximum Gasteiger partial charge on any atom is 0.267 e. The lowest BCUT2D eigenvalue weighted by Crippen LogP contribution is -2.40. The predicted molar refractivity (Wildman–Crippen MR) is 135 cm³/mol. The third kappa shape index (κ3) is 4.79. The van der Waals surface area contributed by atoms with E-state index in [1.54, 1.807) is 23.1 Å². The number of carbonyl (C=O) groups excluding carboxylic acids is 2. The van der Waals surface area contributed by atoms with Crippen molar-refractivity contribution in [2.45, 2.75) is 19.4 Å². The molecule has 0 bridgehead atoms. The Kier molecular flexibility index (Phi) is 6.40. The minimum Gasteiger partial charge on any atom is -0.322 e. The standard InChI is InChI=1S/C28H23FN4O3/c29-21-13-11-20(12-14-21)28(36)30-24-9-4-10-25-22(24)8-5-17-32(25)27(35)18-33-26(34)16-15-23(31-33)19-6-2-1-3-7-19/h1-4,6-7,9-16H,5,8,17-18H2,(H,30,36). The van der Waals surface area contributed by atoms with E-state index in [2.05, 4.69) is 10.4 Å². The Labute approximate surface area is 206 Å².